The fourth-order valence-electron chi connectivity index (χ4n) is 2.34. The van der Waals surface area contributed by atoms with Crippen molar-refractivity contribution in [1.82, 2.24) is 4.90 Å². The Morgan fingerprint density at radius 2 is 2.22 bits per heavy atom. The number of carbonyl (C=O) groups is 1. The topological polar surface area (TPSA) is 23.6 Å². The molecule has 2 rings (SSSR count). The fourth-order valence-corrected chi connectivity index (χ4v) is 2.46. The van der Waals surface area contributed by atoms with E-state index in [1.807, 2.05) is 13.1 Å². The number of carbonyl (C=O) groups excluding carboxylic acids is 1. The van der Waals surface area contributed by atoms with E-state index in [-0.39, 0.29) is 5.91 Å². The van der Waals surface area contributed by atoms with Gasteiger partial charge in [0.05, 0.1) is 6.42 Å². The number of amides is 1. The van der Waals surface area contributed by atoms with Crippen LogP contribution in [0.2, 0.25) is 0 Å². The average molecular weight is 267 g/mol. The van der Waals surface area contributed by atoms with E-state index in [9.17, 15) is 4.79 Å². The number of hydrogen-bond donors (Lipinski definition) is 0. The van der Waals surface area contributed by atoms with Crippen LogP contribution in [0.1, 0.15) is 17.5 Å². The Morgan fingerprint density at radius 1 is 1.44 bits per heavy atom. The summed E-state index contributed by atoms with van der Waals surface area (Å²) in [5.74, 6) is 0.881. The molecule has 0 aromatic heterocycles. The molecule has 1 aromatic carbocycles. The first-order valence-corrected chi connectivity index (χ1v) is 6.78. The van der Waals surface area contributed by atoms with Gasteiger partial charge in [-0.25, -0.2) is 0 Å². The number of anilines is 1. The third-order valence-electron chi connectivity index (χ3n) is 3.35. The van der Waals surface area contributed by atoms with Crippen molar-refractivity contribution in [3.05, 3.63) is 29.3 Å². The predicted molar refractivity (Wildman–Crippen MR) is 75.2 cm³/mol. The van der Waals surface area contributed by atoms with Crippen molar-refractivity contribution in [1.29, 1.82) is 0 Å². The number of fused-ring (bicyclic) bond motifs is 1. The van der Waals surface area contributed by atoms with Crippen LogP contribution in [0, 0.1) is 0 Å². The van der Waals surface area contributed by atoms with Crippen LogP contribution < -0.4 is 4.90 Å². The molecule has 0 atom stereocenters. The van der Waals surface area contributed by atoms with Gasteiger partial charge in [0, 0.05) is 25.2 Å². The van der Waals surface area contributed by atoms with Crippen molar-refractivity contribution in [3.63, 3.8) is 0 Å². The summed E-state index contributed by atoms with van der Waals surface area (Å²) < 4.78 is 0. The van der Waals surface area contributed by atoms with Gasteiger partial charge >= 0.3 is 0 Å². The molecule has 0 radical (unpaired) electrons. The summed E-state index contributed by atoms with van der Waals surface area (Å²) in [5.41, 5.74) is 3.45. The second-order valence-electron chi connectivity index (χ2n) is 4.87. The van der Waals surface area contributed by atoms with Crippen molar-refractivity contribution in [3.8, 4) is 0 Å². The normalized spacial score (nSPS) is 14.4. The molecule has 0 fully saturated rings. The lowest BCUT2D eigenvalue weighted by Crippen LogP contribution is -2.20. The van der Waals surface area contributed by atoms with Gasteiger partial charge in [-0.15, -0.1) is 11.6 Å². The Kier molecular flexibility index (Phi) is 4.25. The van der Waals surface area contributed by atoms with Crippen molar-refractivity contribution in [2.24, 2.45) is 0 Å². The van der Waals surface area contributed by atoms with Crippen molar-refractivity contribution < 1.29 is 4.79 Å². The quantitative estimate of drug-likeness (QED) is 0.764. The minimum atomic E-state index is 0.178. The first-order valence-electron chi connectivity index (χ1n) is 6.24. The first kappa shape index (κ1) is 13.4. The van der Waals surface area contributed by atoms with Gasteiger partial charge in [-0.2, -0.15) is 0 Å². The van der Waals surface area contributed by atoms with Crippen LogP contribution >= 0.6 is 11.6 Å². The summed E-state index contributed by atoms with van der Waals surface area (Å²) in [6, 6.07) is 6.30. The van der Waals surface area contributed by atoms with Crippen molar-refractivity contribution in [2.75, 3.05) is 31.4 Å². The highest BCUT2D eigenvalue weighted by atomic mass is 35.5. The molecule has 0 saturated carbocycles. The third-order valence-corrected chi connectivity index (χ3v) is 3.61. The van der Waals surface area contributed by atoms with Gasteiger partial charge in [-0.3, -0.25) is 4.79 Å². The number of alkyl halides is 1. The van der Waals surface area contributed by atoms with Crippen molar-refractivity contribution >= 4 is 23.2 Å². The lowest BCUT2D eigenvalue weighted by Gasteiger charge is -2.17. The lowest BCUT2D eigenvalue weighted by atomic mass is 10.1. The minimum Gasteiger partial charge on any atom is -0.315 e. The molecule has 98 valence electrons. The van der Waals surface area contributed by atoms with Crippen molar-refractivity contribution in [2.45, 2.75) is 19.4 Å². The van der Waals surface area contributed by atoms with Gasteiger partial charge in [0.25, 0.3) is 0 Å². The molecule has 0 saturated heterocycles. The maximum atomic E-state index is 11.6. The highest BCUT2D eigenvalue weighted by Gasteiger charge is 2.23. The molecule has 0 aliphatic carbocycles. The first-order chi connectivity index (χ1) is 8.61. The number of benzene rings is 1. The third kappa shape index (κ3) is 2.85. The standard InChI is InChI=1S/C14H19ClN2O/c1-16(7-3-6-15)10-11-4-5-13-12(8-11)9-14(18)17(13)2/h4-5,8H,3,6-7,9-10H2,1-2H3. The maximum absolute atomic E-state index is 11.6. The highest BCUT2D eigenvalue weighted by molar-refractivity contribution is 6.17. The number of rotatable bonds is 5. The summed E-state index contributed by atoms with van der Waals surface area (Å²) in [5, 5.41) is 0. The molecule has 4 heteroatoms. The van der Waals surface area contributed by atoms with Crippen LogP contribution in [-0.2, 0) is 17.8 Å². The van der Waals surface area contributed by atoms with Gasteiger partial charge in [-0.1, -0.05) is 12.1 Å². The Morgan fingerprint density at radius 3 is 2.94 bits per heavy atom. The SMILES string of the molecule is CN(CCCCl)Cc1ccc2c(c1)CC(=O)N2C. The van der Waals surface area contributed by atoms with E-state index in [1.165, 1.54) is 5.56 Å². The summed E-state index contributed by atoms with van der Waals surface area (Å²) in [4.78, 5) is 15.6. The molecule has 1 aliphatic heterocycles. The van der Waals surface area contributed by atoms with Crippen LogP contribution in [0.15, 0.2) is 18.2 Å². The summed E-state index contributed by atoms with van der Waals surface area (Å²) in [6.07, 6.45) is 1.54. The molecule has 0 spiro atoms. The van der Waals surface area contributed by atoms with Gasteiger partial charge in [-0.05, 0) is 37.2 Å². The van der Waals surface area contributed by atoms with E-state index in [0.717, 1.165) is 30.8 Å². The fraction of sp³-hybridized carbons (Fsp3) is 0.500. The van der Waals surface area contributed by atoms with Crippen LogP contribution in [-0.4, -0.2) is 37.3 Å². The highest BCUT2D eigenvalue weighted by Crippen LogP contribution is 2.28. The summed E-state index contributed by atoms with van der Waals surface area (Å²) in [7, 11) is 3.93. The smallest absolute Gasteiger partial charge is 0.231 e. The van der Waals surface area contributed by atoms with E-state index >= 15 is 0 Å². The molecule has 0 unspecified atom stereocenters. The molecule has 1 heterocycles. The average Bonchev–Trinajstić information content (AvgIpc) is 2.62. The number of halogens is 1. The second-order valence-corrected chi connectivity index (χ2v) is 5.25. The number of nitrogens with zero attached hydrogens (tertiary/aromatic N) is 2. The Hall–Kier alpha value is -1.06. The lowest BCUT2D eigenvalue weighted by molar-refractivity contribution is -0.117. The minimum absolute atomic E-state index is 0.178. The Balaban J connectivity index is 2.04. The van der Waals surface area contributed by atoms with E-state index < -0.39 is 0 Å². The molecular formula is C14H19ClN2O. The molecule has 0 N–H and O–H groups in total. The molecule has 1 amide bonds. The predicted octanol–water partition coefficient (Wildman–Crippen LogP) is 2.27. The zero-order valence-corrected chi connectivity index (χ0v) is 11.7. The van der Waals surface area contributed by atoms with Crippen LogP contribution in [0.4, 0.5) is 5.69 Å². The monoisotopic (exact) mass is 266 g/mol. The largest absolute Gasteiger partial charge is 0.315 e. The van der Waals surface area contributed by atoms with E-state index in [4.69, 9.17) is 11.6 Å². The van der Waals surface area contributed by atoms with Crippen LogP contribution in [0.25, 0.3) is 0 Å². The summed E-state index contributed by atoms with van der Waals surface area (Å²) in [6.45, 7) is 1.90. The molecule has 0 bridgehead atoms. The van der Waals surface area contributed by atoms with Gasteiger partial charge in [0.2, 0.25) is 5.91 Å². The number of likely N-dealkylation sites (N-methyl/N-ethyl adjacent to an activating group) is 1. The maximum Gasteiger partial charge on any atom is 0.231 e. The van der Waals surface area contributed by atoms with E-state index in [0.29, 0.717) is 12.3 Å². The van der Waals surface area contributed by atoms with E-state index in [2.05, 4.69) is 24.1 Å². The summed E-state index contributed by atoms with van der Waals surface area (Å²) >= 11 is 5.69. The van der Waals surface area contributed by atoms with Crippen LogP contribution in [0.3, 0.4) is 0 Å². The van der Waals surface area contributed by atoms with Gasteiger partial charge in [0.15, 0.2) is 0 Å². The van der Waals surface area contributed by atoms with E-state index in [1.54, 1.807) is 4.90 Å². The molecule has 18 heavy (non-hydrogen) atoms. The Bertz CT molecular complexity index is 447. The Labute approximate surface area is 113 Å². The van der Waals surface area contributed by atoms with Gasteiger partial charge < -0.3 is 9.80 Å². The molecule has 1 aromatic rings. The molecule has 1 aliphatic rings. The molecular weight excluding hydrogens is 248 g/mol. The second kappa shape index (κ2) is 5.72. The van der Waals surface area contributed by atoms with Gasteiger partial charge in [0.1, 0.15) is 0 Å². The van der Waals surface area contributed by atoms with Crippen LogP contribution in [0.5, 0.6) is 0 Å². The zero-order valence-electron chi connectivity index (χ0n) is 10.9. The zero-order chi connectivity index (χ0) is 13.1. The number of hydrogen-bond acceptors (Lipinski definition) is 2. The molecule has 3 nitrogen and oxygen atoms in total.